The summed E-state index contributed by atoms with van der Waals surface area (Å²) in [6, 6.07) is 12.1. The van der Waals surface area contributed by atoms with E-state index in [2.05, 4.69) is 27.4 Å². The maximum absolute atomic E-state index is 13.0. The Labute approximate surface area is 195 Å². The number of nitrogens with zero attached hydrogens (tertiary/aromatic N) is 2. The maximum Gasteiger partial charge on any atom is 0.251 e. The van der Waals surface area contributed by atoms with Crippen LogP contribution >= 0.6 is 0 Å². The lowest BCUT2D eigenvalue weighted by molar-refractivity contribution is 0.0929. The smallest absolute Gasteiger partial charge is 0.251 e. The molecule has 0 bridgehead atoms. The number of amides is 1. The van der Waals surface area contributed by atoms with Crippen LogP contribution in [0, 0.1) is 18.8 Å². The second-order valence-electron chi connectivity index (χ2n) is 9.82. The SMILES string of the molecule is Cc1cccc(N[C@H]2c3cc(C(=O)N[C@H]4CCOC4)ccc3N(C(C)O)[C@@H](C3CC3)[C@@H]2C)n1. The van der Waals surface area contributed by atoms with Gasteiger partial charge < -0.3 is 25.4 Å². The molecule has 0 spiro atoms. The molecule has 1 unspecified atom stereocenters. The number of hydrogen-bond acceptors (Lipinski definition) is 6. The number of anilines is 2. The average Bonchev–Trinajstić information content (AvgIpc) is 3.50. The van der Waals surface area contributed by atoms with E-state index in [1.807, 2.05) is 50.2 Å². The van der Waals surface area contributed by atoms with Gasteiger partial charge in [0.25, 0.3) is 5.91 Å². The number of pyridine rings is 1. The Morgan fingerprint density at radius 2 is 2.06 bits per heavy atom. The summed E-state index contributed by atoms with van der Waals surface area (Å²) in [5.74, 6) is 1.54. The predicted octanol–water partition coefficient (Wildman–Crippen LogP) is 3.63. The molecular formula is C26H34N4O3. The number of ether oxygens (including phenoxy) is 1. The number of carbonyl (C=O) groups excluding carboxylic acids is 1. The Morgan fingerprint density at radius 3 is 2.73 bits per heavy atom. The predicted molar refractivity (Wildman–Crippen MR) is 128 cm³/mol. The first-order valence-corrected chi connectivity index (χ1v) is 12.1. The minimum absolute atomic E-state index is 0.0162. The van der Waals surface area contributed by atoms with Crippen molar-refractivity contribution in [3.8, 4) is 0 Å². The Balaban J connectivity index is 1.53. The molecule has 3 heterocycles. The number of hydrogen-bond donors (Lipinski definition) is 3. The van der Waals surface area contributed by atoms with Gasteiger partial charge in [-0.1, -0.05) is 13.0 Å². The molecule has 2 aliphatic heterocycles. The van der Waals surface area contributed by atoms with Crippen LogP contribution in [-0.2, 0) is 4.74 Å². The van der Waals surface area contributed by atoms with Gasteiger partial charge in [0.05, 0.1) is 18.7 Å². The van der Waals surface area contributed by atoms with Gasteiger partial charge in [0.2, 0.25) is 0 Å². The van der Waals surface area contributed by atoms with Gasteiger partial charge >= 0.3 is 0 Å². The lowest BCUT2D eigenvalue weighted by atomic mass is 9.79. The van der Waals surface area contributed by atoms with Crippen LogP contribution in [0.2, 0.25) is 0 Å². The zero-order chi connectivity index (χ0) is 23.1. The lowest BCUT2D eigenvalue weighted by Crippen LogP contribution is -2.53. The molecule has 33 heavy (non-hydrogen) atoms. The van der Waals surface area contributed by atoms with Crippen molar-refractivity contribution in [2.24, 2.45) is 11.8 Å². The third kappa shape index (κ3) is 4.44. The third-order valence-electron chi connectivity index (χ3n) is 7.25. The monoisotopic (exact) mass is 450 g/mol. The molecular weight excluding hydrogens is 416 g/mol. The van der Waals surface area contributed by atoms with Crippen molar-refractivity contribution in [2.45, 2.75) is 64.4 Å². The second-order valence-corrected chi connectivity index (χ2v) is 9.82. The molecule has 3 aliphatic rings. The number of aliphatic hydroxyl groups excluding tert-OH is 1. The van der Waals surface area contributed by atoms with E-state index < -0.39 is 6.23 Å². The fourth-order valence-corrected chi connectivity index (χ4v) is 5.53. The molecule has 1 saturated carbocycles. The van der Waals surface area contributed by atoms with Gasteiger partial charge in [0, 0.05) is 35.5 Å². The van der Waals surface area contributed by atoms with Crippen molar-refractivity contribution in [1.82, 2.24) is 10.3 Å². The Hall–Kier alpha value is -2.64. The molecule has 5 atom stereocenters. The Morgan fingerprint density at radius 1 is 1.24 bits per heavy atom. The molecule has 1 saturated heterocycles. The van der Waals surface area contributed by atoms with Crippen molar-refractivity contribution in [2.75, 3.05) is 23.4 Å². The quantitative estimate of drug-likeness (QED) is 0.623. The summed E-state index contributed by atoms with van der Waals surface area (Å²) < 4.78 is 5.41. The summed E-state index contributed by atoms with van der Waals surface area (Å²) >= 11 is 0. The molecule has 1 aromatic heterocycles. The van der Waals surface area contributed by atoms with Gasteiger partial charge in [0.15, 0.2) is 0 Å². The number of aliphatic hydroxyl groups is 1. The van der Waals surface area contributed by atoms with Gasteiger partial charge in [-0.2, -0.15) is 0 Å². The highest BCUT2D eigenvalue weighted by Crippen LogP contribution is 2.50. The van der Waals surface area contributed by atoms with Gasteiger partial charge in [-0.05, 0) is 74.9 Å². The molecule has 2 fully saturated rings. The van der Waals surface area contributed by atoms with E-state index in [0.717, 1.165) is 29.2 Å². The molecule has 1 amide bonds. The van der Waals surface area contributed by atoms with Crippen LogP contribution in [-0.4, -0.2) is 47.5 Å². The summed E-state index contributed by atoms with van der Waals surface area (Å²) in [6.45, 7) is 7.32. The molecule has 7 heteroatoms. The van der Waals surface area contributed by atoms with Crippen molar-refractivity contribution < 1.29 is 14.6 Å². The fraction of sp³-hybridized carbons (Fsp3) is 0.538. The molecule has 1 aliphatic carbocycles. The standard InChI is InChI=1S/C26H34N4O3/c1-15-5-4-6-23(27-15)29-24-16(2)25(18-7-8-18)30(17(3)31)22-10-9-19(13-21(22)24)26(32)28-20-11-12-33-14-20/h4-6,9-10,13,16-18,20,24-25,31H,7-8,11-12,14H2,1-3H3,(H,27,29)(H,28,32)/t16-,17?,20+,24-,25-/m1/s1. The number of benzene rings is 1. The highest BCUT2D eigenvalue weighted by Gasteiger charge is 2.47. The number of aryl methyl sites for hydroxylation is 1. The molecule has 2 aromatic rings. The molecule has 176 valence electrons. The third-order valence-corrected chi connectivity index (χ3v) is 7.25. The molecule has 7 nitrogen and oxygen atoms in total. The van der Waals surface area contributed by atoms with E-state index in [4.69, 9.17) is 4.74 Å². The van der Waals surface area contributed by atoms with Crippen molar-refractivity contribution >= 4 is 17.4 Å². The molecule has 5 rings (SSSR count). The number of aromatic nitrogens is 1. The minimum Gasteiger partial charge on any atom is -0.379 e. The van der Waals surface area contributed by atoms with E-state index in [9.17, 15) is 9.90 Å². The first kappa shape index (κ1) is 22.2. The van der Waals surface area contributed by atoms with E-state index in [-0.39, 0.29) is 30.0 Å². The van der Waals surface area contributed by atoms with E-state index in [1.165, 1.54) is 12.8 Å². The van der Waals surface area contributed by atoms with Gasteiger partial charge in [-0.3, -0.25) is 4.79 Å². The number of nitrogens with one attached hydrogen (secondary N) is 2. The van der Waals surface area contributed by atoms with Crippen LogP contribution in [0.1, 0.15) is 60.8 Å². The summed E-state index contributed by atoms with van der Waals surface area (Å²) in [4.78, 5) is 19.8. The van der Waals surface area contributed by atoms with Crippen molar-refractivity contribution in [3.63, 3.8) is 0 Å². The topological polar surface area (TPSA) is 86.7 Å². The van der Waals surface area contributed by atoms with Gasteiger partial charge in [-0.25, -0.2) is 4.98 Å². The van der Waals surface area contributed by atoms with Crippen LogP contribution < -0.4 is 15.5 Å². The number of carbonyl (C=O) groups is 1. The molecule has 1 aromatic carbocycles. The van der Waals surface area contributed by atoms with Crippen LogP contribution in [0.3, 0.4) is 0 Å². The van der Waals surface area contributed by atoms with Gasteiger partial charge in [-0.15, -0.1) is 0 Å². The van der Waals surface area contributed by atoms with Crippen molar-refractivity contribution in [3.05, 3.63) is 53.2 Å². The molecule has 0 radical (unpaired) electrons. The first-order valence-electron chi connectivity index (χ1n) is 12.1. The summed E-state index contributed by atoms with van der Waals surface area (Å²) in [6.07, 6.45) is 2.61. The summed E-state index contributed by atoms with van der Waals surface area (Å²) in [7, 11) is 0. The van der Waals surface area contributed by atoms with E-state index in [0.29, 0.717) is 24.7 Å². The second kappa shape index (κ2) is 8.95. The highest BCUT2D eigenvalue weighted by atomic mass is 16.5. The lowest BCUT2D eigenvalue weighted by Gasteiger charge is -2.48. The maximum atomic E-state index is 13.0. The average molecular weight is 451 g/mol. The van der Waals surface area contributed by atoms with Gasteiger partial charge in [0.1, 0.15) is 12.0 Å². The van der Waals surface area contributed by atoms with Crippen LogP contribution in [0.4, 0.5) is 11.5 Å². The highest BCUT2D eigenvalue weighted by molar-refractivity contribution is 5.95. The van der Waals surface area contributed by atoms with Crippen LogP contribution in [0.25, 0.3) is 0 Å². The summed E-state index contributed by atoms with van der Waals surface area (Å²) in [5, 5.41) is 17.5. The largest absolute Gasteiger partial charge is 0.379 e. The minimum atomic E-state index is -0.606. The van der Waals surface area contributed by atoms with Crippen molar-refractivity contribution in [1.29, 1.82) is 0 Å². The normalized spacial score (nSPS) is 27.7. The van der Waals surface area contributed by atoms with Crippen LogP contribution in [0.15, 0.2) is 36.4 Å². The number of rotatable bonds is 6. The Kier molecular flexibility index (Phi) is 6.01. The Bertz CT molecular complexity index is 1020. The fourth-order valence-electron chi connectivity index (χ4n) is 5.53. The zero-order valence-corrected chi connectivity index (χ0v) is 19.6. The van der Waals surface area contributed by atoms with E-state index >= 15 is 0 Å². The van der Waals surface area contributed by atoms with Crippen LogP contribution in [0.5, 0.6) is 0 Å². The molecule has 3 N–H and O–H groups in total. The van der Waals surface area contributed by atoms with E-state index in [1.54, 1.807) is 0 Å². The first-order chi connectivity index (χ1) is 15.9. The zero-order valence-electron chi connectivity index (χ0n) is 19.6. The number of fused-ring (bicyclic) bond motifs is 1. The summed E-state index contributed by atoms with van der Waals surface area (Å²) in [5.41, 5.74) is 3.61.